The molecule has 0 aliphatic carbocycles. The van der Waals surface area contributed by atoms with Gasteiger partial charge < -0.3 is 9.84 Å². The van der Waals surface area contributed by atoms with Gasteiger partial charge in [-0.1, -0.05) is 50.2 Å². The Morgan fingerprint density at radius 1 is 0.952 bits per heavy atom. The molecule has 4 heteroatoms. The zero-order valence-electron chi connectivity index (χ0n) is 12.0. The van der Waals surface area contributed by atoms with E-state index in [1.165, 1.54) is 12.1 Å². The first-order valence-corrected chi connectivity index (χ1v) is 6.84. The summed E-state index contributed by atoms with van der Waals surface area (Å²) in [5.41, 5.74) is 0.674. The number of hydrogen-bond acceptors (Lipinski definition) is 2. The summed E-state index contributed by atoms with van der Waals surface area (Å²) in [7, 11) is 0. The molecule has 2 nitrogen and oxygen atoms in total. The lowest BCUT2D eigenvalue weighted by atomic mass is 9.96. The predicted molar refractivity (Wildman–Crippen MR) is 77.0 cm³/mol. The van der Waals surface area contributed by atoms with E-state index in [9.17, 15) is 13.9 Å². The van der Waals surface area contributed by atoms with Gasteiger partial charge in [0.15, 0.2) is 11.6 Å². The van der Waals surface area contributed by atoms with Crippen molar-refractivity contribution in [1.29, 1.82) is 0 Å². The highest BCUT2D eigenvalue weighted by Gasteiger charge is 2.27. The summed E-state index contributed by atoms with van der Waals surface area (Å²) in [6.07, 6.45) is -1.60. The van der Waals surface area contributed by atoms with Crippen molar-refractivity contribution in [3.63, 3.8) is 0 Å². The van der Waals surface area contributed by atoms with Crippen LogP contribution in [0.1, 0.15) is 25.5 Å². The van der Waals surface area contributed by atoms with Crippen LogP contribution in [-0.4, -0.2) is 11.2 Å². The van der Waals surface area contributed by atoms with E-state index in [1.807, 2.05) is 19.9 Å². The normalized spacial score (nSPS) is 14.0. The van der Waals surface area contributed by atoms with E-state index in [0.717, 1.165) is 6.07 Å². The van der Waals surface area contributed by atoms with Crippen molar-refractivity contribution in [2.75, 3.05) is 0 Å². The van der Waals surface area contributed by atoms with Crippen molar-refractivity contribution in [3.8, 4) is 5.75 Å². The molecule has 0 saturated heterocycles. The molecule has 112 valence electrons. The van der Waals surface area contributed by atoms with Crippen LogP contribution in [0, 0.1) is 17.6 Å². The molecule has 0 radical (unpaired) electrons. The fourth-order valence-electron chi connectivity index (χ4n) is 2.13. The molecule has 2 atom stereocenters. The maximum atomic E-state index is 13.7. The van der Waals surface area contributed by atoms with Gasteiger partial charge in [-0.15, -0.1) is 0 Å². The number of ether oxygens (including phenoxy) is 1. The van der Waals surface area contributed by atoms with Crippen molar-refractivity contribution < 1.29 is 18.6 Å². The van der Waals surface area contributed by atoms with E-state index in [4.69, 9.17) is 4.74 Å². The van der Waals surface area contributed by atoms with Crippen LogP contribution in [0.2, 0.25) is 0 Å². The summed E-state index contributed by atoms with van der Waals surface area (Å²) in [6, 6.07) is 12.7. The van der Waals surface area contributed by atoms with Crippen molar-refractivity contribution in [1.82, 2.24) is 0 Å². The number of aliphatic hydroxyl groups is 1. The van der Waals surface area contributed by atoms with E-state index in [1.54, 1.807) is 24.3 Å². The standard InChI is InChI=1S/C17H18F2O2/c1-11(2)17(16(20)12-7-4-3-5-8-12)21-14-10-6-9-13(18)15(14)19/h3-11,16-17,20H,1-2H3. The molecule has 21 heavy (non-hydrogen) atoms. The fourth-order valence-corrected chi connectivity index (χ4v) is 2.13. The number of aliphatic hydroxyl groups excluding tert-OH is 1. The van der Waals surface area contributed by atoms with Crippen LogP contribution in [0.4, 0.5) is 8.78 Å². The van der Waals surface area contributed by atoms with Crippen LogP contribution >= 0.6 is 0 Å². The van der Waals surface area contributed by atoms with E-state index in [2.05, 4.69) is 0 Å². The molecule has 0 amide bonds. The largest absolute Gasteiger partial charge is 0.484 e. The van der Waals surface area contributed by atoms with Crippen LogP contribution in [0.25, 0.3) is 0 Å². The summed E-state index contributed by atoms with van der Waals surface area (Å²) in [4.78, 5) is 0. The molecule has 2 aromatic rings. The zero-order valence-corrected chi connectivity index (χ0v) is 12.0. The second-order valence-electron chi connectivity index (χ2n) is 5.23. The molecule has 0 aromatic heterocycles. The average Bonchev–Trinajstić information content (AvgIpc) is 2.48. The Bertz CT molecular complexity index is 585. The molecule has 2 unspecified atom stereocenters. The van der Waals surface area contributed by atoms with Gasteiger partial charge in [0.25, 0.3) is 0 Å². The van der Waals surface area contributed by atoms with Crippen molar-refractivity contribution in [3.05, 3.63) is 65.7 Å². The summed E-state index contributed by atoms with van der Waals surface area (Å²) in [6.45, 7) is 3.71. The lowest BCUT2D eigenvalue weighted by molar-refractivity contribution is 0.00541. The lowest BCUT2D eigenvalue weighted by Crippen LogP contribution is -2.31. The molecule has 0 spiro atoms. The molecule has 0 bridgehead atoms. The number of halogens is 2. The highest BCUT2D eigenvalue weighted by atomic mass is 19.2. The topological polar surface area (TPSA) is 29.5 Å². The van der Waals surface area contributed by atoms with Gasteiger partial charge in [0.05, 0.1) is 0 Å². The molecule has 0 saturated carbocycles. The summed E-state index contributed by atoms with van der Waals surface area (Å²) >= 11 is 0. The van der Waals surface area contributed by atoms with Crippen LogP contribution in [-0.2, 0) is 0 Å². The number of rotatable bonds is 5. The number of benzene rings is 2. The van der Waals surface area contributed by atoms with Gasteiger partial charge >= 0.3 is 0 Å². The van der Waals surface area contributed by atoms with Crippen LogP contribution in [0.3, 0.4) is 0 Å². The van der Waals surface area contributed by atoms with Gasteiger partial charge in [-0.3, -0.25) is 0 Å². The average molecular weight is 292 g/mol. The predicted octanol–water partition coefficient (Wildman–Crippen LogP) is 4.10. The molecule has 2 rings (SSSR count). The van der Waals surface area contributed by atoms with Crippen molar-refractivity contribution in [2.24, 2.45) is 5.92 Å². The summed E-state index contributed by atoms with van der Waals surface area (Å²) in [5.74, 6) is -2.28. The van der Waals surface area contributed by atoms with Gasteiger partial charge in [0.1, 0.15) is 12.2 Å². The SMILES string of the molecule is CC(C)C(Oc1cccc(F)c1F)C(O)c1ccccc1. The molecule has 0 fully saturated rings. The van der Waals surface area contributed by atoms with Gasteiger partial charge in [-0.25, -0.2) is 4.39 Å². The third kappa shape index (κ3) is 3.58. The zero-order chi connectivity index (χ0) is 15.4. The van der Waals surface area contributed by atoms with Crippen molar-refractivity contribution in [2.45, 2.75) is 26.1 Å². The van der Waals surface area contributed by atoms with Crippen LogP contribution in [0.5, 0.6) is 5.75 Å². The third-order valence-corrected chi connectivity index (χ3v) is 3.29. The maximum Gasteiger partial charge on any atom is 0.200 e. The van der Waals surface area contributed by atoms with Crippen LogP contribution < -0.4 is 4.74 Å². The van der Waals surface area contributed by atoms with Crippen LogP contribution in [0.15, 0.2) is 48.5 Å². The second kappa shape index (κ2) is 6.68. The number of hydrogen-bond donors (Lipinski definition) is 1. The first kappa shape index (κ1) is 15.4. The minimum Gasteiger partial charge on any atom is -0.484 e. The van der Waals surface area contributed by atoms with Gasteiger partial charge in [-0.05, 0) is 23.6 Å². The highest BCUT2D eigenvalue weighted by molar-refractivity contribution is 5.26. The molecular formula is C17H18F2O2. The quantitative estimate of drug-likeness (QED) is 0.899. The Kier molecular flexibility index (Phi) is 4.91. The Morgan fingerprint density at radius 2 is 1.62 bits per heavy atom. The molecule has 2 aromatic carbocycles. The molecule has 0 aliphatic heterocycles. The monoisotopic (exact) mass is 292 g/mol. The second-order valence-corrected chi connectivity index (χ2v) is 5.23. The molecular weight excluding hydrogens is 274 g/mol. The Labute approximate surface area is 123 Å². The van der Waals surface area contributed by atoms with Gasteiger partial charge in [-0.2, -0.15) is 4.39 Å². The summed E-state index contributed by atoms with van der Waals surface area (Å²) in [5, 5.41) is 10.4. The Morgan fingerprint density at radius 3 is 2.24 bits per heavy atom. The Hall–Kier alpha value is -1.94. The minimum absolute atomic E-state index is 0.0807. The Balaban J connectivity index is 2.26. The van der Waals surface area contributed by atoms with Gasteiger partial charge in [0.2, 0.25) is 5.82 Å². The van der Waals surface area contributed by atoms with E-state index < -0.39 is 23.8 Å². The van der Waals surface area contributed by atoms with E-state index >= 15 is 0 Å². The first-order valence-electron chi connectivity index (χ1n) is 6.84. The molecule has 1 N–H and O–H groups in total. The van der Waals surface area contributed by atoms with Gasteiger partial charge in [0, 0.05) is 0 Å². The summed E-state index contributed by atoms with van der Waals surface area (Å²) < 4.78 is 32.5. The highest BCUT2D eigenvalue weighted by Crippen LogP contribution is 2.28. The fraction of sp³-hybridized carbons (Fsp3) is 0.294. The molecule has 0 heterocycles. The maximum absolute atomic E-state index is 13.7. The first-order chi connectivity index (χ1) is 10.0. The smallest absolute Gasteiger partial charge is 0.200 e. The third-order valence-electron chi connectivity index (χ3n) is 3.29. The van der Waals surface area contributed by atoms with Crippen molar-refractivity contribution >= 4 is 0 Å². The van der Waals surface area contributed by atoms with E-state index in [0.29, 0.717) is 5.56 Å². The van der Waals surface area contributed by atoms with E-state index in [-0.39, 0.29) is 11.7 Å². The minimum atomic E-state index is -1.04. The molecule has 0 aliphatic rings. The lowest BCUT2D eigenvalue weighted by Gasteiger charge is -2.27.